The maximum atomic E-state index is 13.0. The molecular weight excluding hydrogens is 392 g/mol. The molecule has 0 bridgehead atoms. The highest BCUT2D eigenvalue weighted by Gasteiger charge is 2.31. The number of nitrogens with one attached hydrogen (secondary N) is 1. The number of rotatable bonds is 6. The van der Waals surface area contributed by atoms with Gasteiger partial charge in [0, 0.05) is 23.5 Å². The third-order valence-electron chi connectivity index (χ3n) is 4.77. The van der Waals surface area contributed by atoms with Crippen LogP contribution >= 0.6 is 11.3 Å². The minimum atomic E-state index is -3.64. The van der Waals surface area contributed by atoms with E-state index in [4.69, 9.17) is 0 Å². The van der Waals surface area contributed by atoms with E-state index < -0.39 is 10.0 Å². The fourth-order valence-electron chi connectivity index (χ4n) is 3.32. The standard InChI is InChI=1S/C21H20N2O3S2/c24-21(22-12-10-18-5-4-14-27-18)17-9-8-16-11-13-23(20(16)15-17)28(25,26)19-6-2-1-3-7-19/h1-9,14-15H,10-13H2,(H,22,24). The van der Waals surface area contributed by atoms with E-state index in [1.165, 1.54) is 9.18 Å². The minimum Gasteiger partial charge on any atom is -0.352 e. The molecule has 0 spiro atoms. The van der Waals surface area contributed by atoms with Gasteiger partial charge in [0.1, 0.15) is 0 Å². The van der Waals surface area contributed by atoms with E-state index in [1.54, 1.807) is 53.8 Å². The third-order valence-corrected chi connectivity index (χ3v) is 7.53. The lowest BCUT2D eigenvalue weighted by Crippen LogP contribution is -2.29. The summed E-state index contributed by atoms with van der Waals surface area (Å²) in [5.41, 5.74) is 2.00. The van der Waals surface area contributed by atoms with Gasteiger partial charge in [0.15, 0.2) is 0 Å². The molecule has 0 atom stereocenters. The normalized spacial score (nSPS) is 13.4. The molecule has 144 valence electrons. The summed E-state index contributed by atoms with van der Waals surface area (Å²) < 4.78 is 27.4. The number of hydrogen-bond acceptors (Lipinski definition) is 4. The Hall–Kier alpha value is -2.64. The number of benzene rings is 2. The molecule has 0 unspecified atom stereocenters. The van der Waals surface area contributed by atoms with Crippen molar-refractivity contribution in [2.45, 2.75) is 17.7 Å². The van der Waals surface area contributed by atoms with Crippen molar-refractivity contribution in [2.75, 3.05) is 17.4 Å². The molecule has 0 aliphatic carbocycles. The van der Waals surface area contributed by atoms with Crippen molar-refractivity contribution >= 4 is 33.0 Å². The first-order chi connectivity index (χ1) is 13.6. The van der Waals surface area contributed by atoms with Crippen LogP contribution in [0.5, 0.6) is 0 Å². The molecule has 3 aromatic rings. The van der Waals surface area contributed by atoms with Crippen molar-refractivity contribution < 1.29 is 13.2 Å². The fraction of sp³-hybridized carbons (Fsp3) is 0.190. The predicted octanol–water partition coefficient (Wildman–Crippen LogP) is 3.47. The largest absolute Gasteiger partial charge is 0.352 e. The monoisotopic (exact) mass is 412 g/mol. The second-order valence-corrected chi connectivity index (χ2v) is 9.46. The Balaban J connectivity index is 1.53. The van der Waals surface area contributed by atoms with E-state index in [-0.39, 0.29) is 10.8 Å². The smallest absolute Gasteiger partial charge is 0.264 e. The van der Waals surface area contributed by atoms with Crippen molar-refractivity contribution in [2.24, 2.45) is 0 Å². The number of carbonyl (C=O) groups is 1. The van der Waals surface area contributed by atoms with Crippen molar-refractivity contribution in [3.8, 4) is 0 Å². The van der Waals surface area contributed by atoms with Crippen LogP contribution in [0.15, 0.2) is 70.9 Å². The summed E-state index contributed by atoms with van der Waals surface area (Å²) in [6.07, 6.45) is 1.42. The van der Waals surface area contributed by atoms with Crippen LogP contribution in [0, 0.1) is 0 Å². The van der Waals surface area contributed by atoms with Gasteiger partial charge in [-0.05, 0) is 54.1 Å². The molecule has 1 amide bonds. The van der Waals surface area contributed by atoms with Crippen molar-refractivity contribution in [1.29, 1.82) is 0 Å². The molecule has 0 fully saturated rings. The molecule has 2 heterocycles. The van der Waals surface area contributed by atoms with Gasteiger partial charge in [0.05, 0.1) is 10.6 Å². The Kier molecular flexibility index (Phi) is 5.19. The molecule has 1 N–H and O–H groups in total. The van der Waals surface area contributed by atoms with Crippen molar-refractivity contribution in [1.82, 2.24) is 5.32 Å². The number of fused-ring (bicyclic) bond motifs is 1. The van der Waals surface area contributed by atoms with E-state index in [2.05, 4.69) is 5.32 Å². The first-order valence-electron chi connectivity index (χ1n) is 9.07. The second kappa shape index (κ2) is 7.77. The minimum absolute atomic E-state index is 0.191. The highest BCUT2D eigenvalue weighted by molar-refractivity contribution is 7.92. The molecule has 2 aromatic carbocycles. The van der Waals surface area contributed by atoms with Gasteiger partial charge in [-0.15, -0.1) is 11.3 Å². The topological polar surface area (TPSA) is 66.5 Å². The zero-order valence-electron chi connectivity index (χ0n) is 15.2. The summed E-state index contributed by atoms with van der Waals surface area (Å²) in [5, 5.41) is 4.93. The van der Waals surface area contributed by atoms with E-state index in [9.17, 15) is 13.2 Å². The van der Waals surface area contributed by atoms with Crippen LogP contribution in [0.1, 0.15) is 20.8 Å². The summed E-state index contributed by atoms with van der Waals surface area (Å²) in [7, 11) is -3.64. The van der Waals surface area contributed by atoms with Crippen LogP contribution < -0.4 is 9.62 Å². The van der Waals surface area contributed by atoms with Gasteiger partial charge in [0.2, 0.25) is 0 Å². The first-order valence-corrected chi connectivity index (χ1v) is 11.4. The van der Waals surface area contributed by atoms with E-state index in [1.807, 2.05) is 23.6 Å². The van der Waals surface area contributed by atoms with Crippen LogP contribution in [-0.4, -0.2) is 27.4 Å². The zero-order valence-corrected chi connectivity index (χ0v) is 16.8. The van der Waals surface area contributed by atoms with Gasteiger partial charge < -0.3 is 5.32 Å². The number of sulfonamides is 1. The maximum Gasteiger partial charge on any atom is 0.264 e. The van der Waals surface area contributed by atoms with Gasteiger partial charge in [0.25, 0.3) is 15.9 Å². The van der Waals surface area contributed by atoms with Gasteiger partial charge in [-0.1, -0.05) is 30.3 Å². The SMILES string of the molecule is O=C(NCCc1cccs1)c1ccc2c(c1)N(S(=O)(=O)c1ccccc1)CC2. The number of nitrogens with zero attached hydrogens (tertiary/aromatic N) is 1. The lowest BCUT2D eigenvalue weighted by atomic mass is 10.1. The van der Waals surface area contributed by atoms with E-state index >= 15 is 0 Å². The van der Waals surface area contributed by atoms with Gasteiger partial charge in [-0.2, -0.15) is 0 Å². The summed E-state index contributed by atoms with van der Waals surface area (Å²) >= 11 is 1.66. The third kappa shape index (κ3) is 3.68. The van der Waals surface area contributed by atoms with Crippen LogP contribution in [0.3, 0.4) is 0 Å². The van der Waals surface area contributed by atoms with Gasteiger partial charge in [-0.25, -0.2) is 8.42 Å². The molecule has 28 heavy (non-hydrogen) atoms. The van der Waals surface area contributed by atoms with E-state index in [0.717, 1.165) is 12.0 Å². The fourth-order valence-corrected chi connectivity index (χ4v) is 5.54. The van der Waals surface area contributed by atoms with Crippen LogP contribution in [0.2, 0.25) is 0 Å². The van der Waals surface area contributed by atoms with Gasteiger partial charge in [-0.3, -0.25) is 9.10 Å². The van der Waals surface area contributed by atoms with Crippen LogP contribution in [0.4, 0.5) is 5.69 Å². The number of carbonyl (C=O) groups excluding carboxylic acids is 1. The van der Waals surface area contributed by atoms with E-state index in [0.29, 0.717) is 30.8 Å². The predicted molar refractivity (Wildman–Crippen MR) is 111 cm³/mol. The average molecular weight is 413 g/mol. The number of amides is 1. The molecule has 7 heteroatoms. The van der Waals surface area contributed by atoms with Crippen molar-refractivity contribution in [3.63, 3.8) is 0 Å². The van der Waals surface area contributed by atoms with Crippen LogP contribution in [-0.2, 0) is 22.9 Å². The summed E-state index contributed by atoms with van der Waals surface area (Å²) in [6, 6.07) is 17.7. The summed E-state index contributed by atoms with van der Waals surface area (Å²) in [5.74, 6) is -0.191. The Morgan fingerprint density at radius 1 is 1.07 bits per heavy atom. The lowest BCUT2D eigenvalue weighted by Gasteiger charge is -2.20. The van der Waals surface area contributed by atoms with Crippen LogP contribution in [0.25, 0.3) is 0 Å². The molecule has 1 aromatic heterocycles. The first kappa shape index (κ1) is 18.7. The number of hydrogen-bond donors (Lipinski definition) is 1. The van der Waals surface area contributed by atoms with Crippen molar-refractivity contribution in [3.05, 3.63) is 82.0 Å². The molecule has 1 aliphatic rings. The average Bonchev–Trinajstić information content (AvgIpc) is 3.38. The Morgan fingerprint density at radius 2 is 1.89 bits per heavy atom. The summed E-state index contributed by atoms with van der Waals surface area (Å²) in [6.45, 7) is 0.929. The number of anilines is 1. The molecule has 1 aliphatic heterocycles. The number of thiophene rings is 1. The molecule has 0 radical (unpaired) electrons. The Bertz CT molecular complexity index is 1080. The zero-order chi connectivity index (χ0) is 19.6. The molecule has 0 saturated carbocycles. The van der Waals surface area contributed by atoms with Gasteiger partial charge >= 0.3 is 0 Å². The highest BCUT2D eigenvalue weighted by Crippen LogP contribution is 2.33. The molecule has 5 nitrogen and oxygen atoms in total. The summed E-state index contributed by atoms with van der Waals surface area (Å²) in [4.78, 5) is 14.0. The second-order valence-electron chi connectivity index (χ2n) is 6.57. The molecular formula is C21H20N2O3S2. The Morgan fingerprint density at radius 3 is 2.64 bits per heavy atom. The maximum absolute atomic E-state index is 13.0. The quantitative estimate of drug-likeness (QED) is 0.674. The highest BCUT2D eigenvalue weighted by atomic mass is 32.2. The molecule has 0 saturated heterocycles. The lowest BCUT2D eigenvalue weighted by molar-refractivity contribution is 0.0954. The Labute approximate surface area is 168 Å². The molecule has 4 rings (SSSR count).